The Bertz CT molecular complexity index is 1100. The second-order valence-electron chi connectivity index (χ2n) is 5.25. The van der Waals surface area contributed by atoms with Crippen molar-refractivity contribution in [3.63, 3.8) is 0 Å². The van der Waals surface area contributed by atoms with Crippen LogP contribution in [0.2, 0.25) is 10.0 Å². The average molecular weight is 480 g/mol. The van der Waals surface area contributed by atoms with E-state index in [4.69, 9.17) is 28.9 Å². The number of anilines is 1. The fourth-order valence-electron chi connectivity index (χ4n) is 2.32. The minimum absolute atomic E-state index is 0.376. The third-order valence-corrected chi connectivity index (χ3v) is 5.38. The Morgan fingerprint density at radius 2 is 1.83 bits per heavy atom. The molecule has 7 nitrogen and oxygen atoms in total. The van der Waals surface area contributed by atoms with Crippen LogP contribution in [0, 0.1) is 0 Å². The number of aromatic nitrogens is 4. The molecule has 0 saturated carbocycles. The summed E-state index contributed by atoms with van der Waals surface area (Å²) < 4.78 is 95.3. The van der Waals surface area contributed by atoms with Crippen LogP contribution >= 0.6 is 23.2 Å². The Hall–Kier alpha value is -2.32. The summed E-state index contributed by atoms with van der Waals surface area (Å²) in [7, 11) is -3.72. The quantitative estimate of drug-likeness (QED) is 0.417. The lowest BCUT2D eigenvalue weighted by molar-refractivity contribution is -0.136. The number of nitrogens with two attached hydrogens (primary N) is 1. The van der Waals surface area contributed by atoms with Crippen molar-refractivity contribution in [2.75, 3.05) is 5.73 Å². The van der Waals surface area contributed by atoms with Crippen LogP contribution in [0.3, 0.4) is 0 Å². The van der Waals surface area contributed by atoms with Gasteiger partial charge in [0.1, 0.15) is 16.3 Å². The largest absolute Gasteiger partial charge is 0.476 e. The normalized spacial score (nSPS) is 13.7. The molecule has 0 radical (unpaired) electrons. The summed E-state index contributed by atoms with van der Waals surface area (Å²) in [6.07, 6.45) is -4.15. The van der Waals surface area contributed by atoms with Crippen molar-refractivity contribution >= 4 is 39.7 Å². The number of hydrogen-bond acceptors (Lipinski definition) is 6. The van der Waals surface area contributed by atoms with Crippen LogP contribution in [-0.2, 0) is 17.0 Å². The number of benzene rings is 1. The Balaban J connectivity index is 2.34. The Labute approximate surface area is 168 Å². The van der Waals surface area contributed by atoms with E-state index < -0.39 is 71.5 Å². The summed E-state index contributed by atoms with van der Waals surface area (Å²) in [4.78, 5) is 2.53. The summed E-state index contributed by atoms with van der Waals surface area (Å²) in [5.74, 6) is -0.441. The van der Waals surface area contributed by atoms with Gasteiger partial charge in [-0.05, 0) is 6.07 Å². The molecule has 0 aliphatic carbocycles. The van der Waals surface area contributed by atoms with E-state index in [0.717, 1.165) is 6.39 Å². The number of halogens is 8. The number of nitrogens with zero attached hydrogens (tertiary/aromatic N) is 3. The summed E-state index contributed by atoms with van der Waals surface area (Å²) in [5, 5.41) is 7.51. The van der Waals surface area contributed by atoms with E-state index >= 15 is 0 Å². The van der Waals surface area contributed by atoms with Crippen LogP contribution in [0.5, 0.6) is 0 Å². The van der Waals surface area contributed by atoms with E-state index in [1.165, 1.54) is 0 Å². The second kappa shape index (κ2) is 7.18. The van der Waals surface area contributed by atoms with Crippen molar-refractivity contribution in [3.8, 4) is 22.8 Å². The molecule has 16 heteroatoms. The van der Waals surface area contributed by atoms with E-state index in [1.54, 1.807) is 0 Å². The van der Waals surface area contributed by atoms with Gasteiger partial charge in [0, 0.05) is 5.56 Å². The van der Waals surface area contributed by atoms with Crippen molar-refractivity contribution < 1.29 is 35.1 Å². The molecule has 1 aromatic carbocycles. The molecule has 3 N–H and O–H groups in total. The molecule has 1 unspecified atom stereocenters. The Morgan fingerprint density at radius 3 is 2.34 bits per heavy atom. The third-order valence-electron chi connectivity index (χ3n) is 3.50. The van der Waals surface area contributed by atoms with Gasteiger partial charge in [0.25, 0.3) is 0 Å². The van der Waals surface area contributed by atoms with Gasteiger partial charge < -0.3 is 10.3 Å². The van der Waals surface area contributed by atoms with E-state index in [2.05, 4.69) is 24.9 Å². The van der Waals surface area contributed by atoms with Gasteiger partial charge in [-0.15, -0.1) is 0 Å². The van der Waals surface area contributed by atoms with Gasteiger partial charge in [-0.25, -0.2) is 4.21 Å². The lowest BCUT2D eigenvalue weighted by atomic mass is 10.1. The first-order valence-corrected chi connectivity index (χ1v) is 8.93. The number of hydrogen-bond donors (Lipinski definition) is 2. The van der Waals surface area contributed by atoms with Gasteiger partial charge in [-0.3, -0.25) is 5.10 Å². The molecule has 29 heavy (non-hydrogen) atoms. The first-order chi connectivity index (χ1) is 13.3. The molecular weight excluding hydrogens is 475 g/mol. The lowest BCUT2D eigenvalue weighted by Crippen LogP contribution is -2.17. The molecule has 156 valence electrons. The molecule has 0 aliphatic rings. The fourth-order valence-corrected chi connectivity index (χ4v) is 3.83. The predicted octanol–water partition coefficient (Wildman–Crippen LogP) is 4.66. The highest BCUT2D eigenvalue weighted by Gasteiger charge is 2.44. The molecule has 0 saturated heterocycles. The van der Waals surface area contributed by atoms with Gasteiger partial charge in [-0.2, -0.15) is 36.4 Å². The maximum atomic E-state index is 13.2. The summed E-state index contributed by atoms with van der Waals surface area (Å²) in [5.41, 5.74) is -4.15. The highest BCUT2D eigenvalue weighted by Crippen LogP contribution is 2.48. The molecular formula is C13H5Cl2F6N5O2S. The van der Waals surface area contributed by atoms with Gasteiger partial charge >= 0.3 is 11.7 Å². The minimum Gasteiger partial charge on any atom is -0.397 e. The van der Waals surface area contributed by atoms with Crippen molar-refractivity contribution in [1.29, 1.82) is 0 Å². The third kappa shape index (κ3) is 3.79. The fraction of sp³-hybridized carbons (Fsp3) is 0.154. The molecule has 2 heterocycles. The van der Waals surface area contributed by atoms with Crippen LogP contribution in [-0.4, -0.2) is 30.1 Å². The zero-order valence-electron chi connectivity index (χ0n) is 13.3. The number of aromatic amines is 1. The van der Waals surface area contributed by atoms with Crippen molar-refractivity contribution in [3.05, 3.63) is 28.1 Å². The van der Waals surface area contributed by atoms with E-state index in [0.29, 0.717) is 6.07 Å². The molecule has 3 aromatic rings. The van der Waals surface area contributed by atoms with Crippen molar-refractivity contribution in [2.45, 2.75) is 16.6 Å². The SMILES string of the molecule is Nc1c(C(F)(F)F)cc(Cl)c(-c2n[nH]c(-c3ncon3)c2S(=O)C(F)(F)F)c1Cl. The zero-order chi connectivity index (χ0) is 21.7. The van der Waals surface area contributed by atoms with Gasteiger partial charge in [0.05, 0.1) is 21.3 Å². The monoisotopic (exact) mass is 479 g/mol. The van der Waals surface area contributed by atoms with Crippen LogP contribution in [0.1, 0.15) is 5.56 Å². The van der Waals surface area contributed by atoms with Crippen LogP contribution in [0.25, 0.3) is 22.8 Å². The zero-order valence-corrected chi connectivity index (χ0v) is 15.7. The summed E-state index contributed by atoms with van der Waals surface area (Å²) in [6.45, 7) is 0. The molecule has 3 rings (SSSR count). The maximum Gasteiger partial charge on any atom is 0.476 e. The summed E-state index contributed by atoms with van der Waals surface area (Å²) in [6, 6.07) is 0.376. The number of rotatable bonds is 3. The van der Waals surface area contributed by atoms with Gasteiger partial charge in [-0.1, -0.05) is 28.4 Å². The van der Waals surface area contributed by atoms with E-state index in [9.17, 15) is 30.6 Å². The smallest absolute Gasteiger partial charge is 0.397 e. The number of H-pyrrole nitrogens is 1. The minimum atomic E-state index is -5.27. The van der Waals surface area contributed by atoms with E-state index in [1.807, 2.05) is 0 Å². The molecule has 2 aromatic heterocycles. The van der Waals surface area contributed by atoms with Gasteiger partial charge in [0.2, 0.25) is 12.2 Å². The Kier molecular flexibility index (Phi) is 5.29. The predicted molar refractivity (Wildman–Crippen MR) is 89.2 cm³/mol. The molecule has 0 amide bonds. The van der Waals surface area contributed by atoms with E-state index in [-0.39, 0.29) is 0 Å². The van der Waals surface area contributed by atoms with Gasteiger partial charge in [0.15, 0.2) is 10.8 Å². The van der Waals surface area contributed by atoms with Crippen LogP contribution in [0.15, 0.2) is 21.9 Å². The molecule has 0 bridgehead atoms. The standard InChI is InChI=1S/C13H5Cl2F6N5O2S/c14-4-1-3(12(16,17)18)7(22)6(15)5(4)8-10(29(27)13(19,20)21)9(25-24-8)11-23-2-28-26-11/h1-2H,22H2,(H,24,25). The van der Waals surface area contributed by atoms with Crippen molar-refractivity contribution in [2.24, 2.45) is 0 Å². The lowest BCUT2D eigenvalue weighted by Gasteiger charge is -2.16. The molecule has 0 spiro atoms. The summed E-state index contributed by atoms with van der Waals surface area (Å²) >= 11 is 11.7. The Morgan fingerprint density at radius 1 is 1.17 bits per heavy atom. The molecule has 0 aliphatic heterocycles. The van der Waals surface area contributed by atoms with Crippen LogP contribution in [0.4, 0.5) is 32.0 Å². The number of nitrogen functional groups attached to an aromatic ring is 1. The average Bonchev–Trinajstić information content (AvgIpc) is 3.25. The maximum absolute atomic E-state index is 13.2. The molecule has 1 atom stereocenters. The number of alkyl halides is 6. The highest BCUT2D eigenvalue weighted by atomic mass is 35.5. The highest BCUT2D eigenvalue weighted by molar-refractivity contribution is 7.86. The number of nitrogens with one attached hydrogen (secondary N) is 1. The molecule has 0 fully saturated rings. The van der Waals surface area contributed by atoms with Crippen LogP contribution < -0.4 is 5.73 Å². The second-order valence-corrected chi connectivity index (χ2v) is 7.45. The van der Waals surface area contributed by atoms with Crippen molar-refractivity contribution in [1.82, 2.24) is 20.3 Å². The first-order valence-electron chi connectivity index (χ1n) is 7.02. The topological polar surface area (TPSA) is 111 Å². The first kappa shape index (κ1) is 21.4.